The number of benzene rings is 2. The summed E-state index contributed by atoms with van der Waals surface area (Å²) >= 11 is 0. The average molecular weight is 895 g/mol. The van der Waals surface area contributed by atoms with Gasteiger partial charge in [-0.25, -0.2) is 14.7 Å². The lowest BCUT2D eigenvalue weighted by atomic mass is 9.92. The Morgan fingerprint density at radius 3 is 1.97 bits per heavy atom. The Morgan fingerprint density at radius 2 is 1.42 bits per heavy atom. The van der Waals surface area contributed by atoms with E-state index < -0.39 is 110 Å². The number of urea groups is 2. The molecule has 2 heterocycles. The zero-order valence-corrected chi connectivity index (χ0v) is 33.7. The normalized spacial score (nSPS) is 25.3. The largest absolute Gasteiger partial charge is 0.416 e. The Hall–Kier alpha value is -4.78. The van der Waals surface area contributed by atoms with Gasteiger partial charge in [-0.2, -0.15) is 26.3 Å². The Balaban J connectivity index is 1.63. The standard InChI is InChI=1S/C39H52F6N6O11/c1-3-5-6-14-28(53)46-16-9-15-29(54)51(59)31-26(4-2)60-20-25(49-36(57)47-23-12-7-10-21(17-23)38(40,41)42)34(31)62-35-30(33(56)32(55)27(19-52)61-35)50-37(58)48-24-13-8-11-22(18-24)39(43,44)45/h7-8,10-13,17-18,25-27,30-35,52,55-56,59H,3-6,9,14-16,19-20H2,1-2H3,(H,46,53)(H2,47,49,57)(H2,48,50,58)/t25?,26?,27?,30?,31-,32+,33?,34?,35?/m0/s1. The van der Waals surface area contributed by atoms with Crippen molar-refractivity contribution in [2.75, 3.05) is 30.4 Å². The molecule has 0 aliphatic carbocycles. The van der Waals surface area contributed by atoms with E-state index >= 15 is 0 Å². The van der Waals surface area contributed by atoms with Crippen LogP contribution in [-0.4, -0.2) is 124 Å². The van der Waals surface area contributed by atoms with Gasteiger partial charge in [0.1, 0.15) is 36.5 Å². The fourth-order valence-corrected chi connectivity index (χ4v) is 6.91. The quantitative estimate of drug-likeness (QED) is 0.0474. The molecule has 2 aromatic carbocycles. The number of nitrogens with one attached hydrogen (secondary N) is 5. The van der Waals surface area contributed by atoms with Gasteiger partial charge in [0.15, 0.2) is 6.29 Å². The van der Waals surface area contributed by atoms with Crippen molar-refractivity contribution in [3.8, 4) is 0 Å². The number of ether oxygens (including phenoxy) is 3. The number of alkyl halides is 6. The van der Waals surface area contributed by atoms with Crippen molar-refractivity contribution in [2.45, 2.75) is 126 Å². The maximum atomic E-state index is 13.5. The summed E-state index contributed by atoms with van der Waals surface area (Å²) in [6, 6.07) is 0.168. The van der Waals surface area contributed by atoms with Crippen molar-refractivity contribution in [1.82, 2.24) is 21.0 Å². The summed E-state index contributed by atoms with van der Waals surface area (Å²) < 4.78 is 98.3. The number of carbonyl (C=O) groups excluding carboxylic acids is 4. The van der Waals surface area contributed by atoms with Gasteiger partial charge in [0.2, 0.25) is 11.8 Å². The van der Waals surface area contributed by atoms with E-state index in [1.165, 1.54) is 6.07 Å². The number of rotatable bonds is 17. The maximum Gasteiger partial charge on any atom is 0.416 e. The lowest BCUT2D eigenvalue weighted by Gasteiger charge is -2.49. The van der Waals surface area contributed by atoms with Crippen LogP contribution in [0.2, 0.25) is 0 Å². The summed E-state index contributed by atoms with van der Waals surface area (Å²) in [5.41, 5.74) is -2.77. The van der Waals surface area contributed by atoms with Gasteiger partial charge in [-0.1, -0.05) is 38.8 Å². The number of aliphatic hydroxyl groups is 3. The van der Waals surface area contributed by atoms with Crippen LogP contribution in [-0.2, 0) is 36.2 Å². The zero-order valence-electron chi connectivity index (χ0n) is 33.7. The van der Waals surface area contributed by atoms with Crippen molar-refractivity contribution in [3.05, 3.63) is 59.7 Å². The van der Waals surface area contributed by atoms with E-state index in [9.17, 15) is 66.0 Å². The van der Waals surface area contributed by atoms with Crippen molar-refractivity contribution in [3.63, 3.8) is 0 Å². The number of anilines is 2. The second kappa shape index (κ2) is 22.5. The second-order valence-corrected chi connectivity index (χ2v) is 14.7. The van der Waals surface area contributed by atoms with Gasteiger partial charge >= 0.3 is 24.4 Å². The van der Waals surface area contributed by atoms with E-state index in [0.717, 1.165) is 43.2 Å². The van der Waals surface area contributed by atoms with Crippen LogP contribution in [0.1, 0.15) is 69.9 Å². The summed E-state index contributed by atoms with van der Waals surface area (Å²) in [7, 11) is 0. The molecule has 9 N–H and O–H groups in total. The molecule has 9 atom stereocenters. The molecular weight excluding hydrogens is 842 g/mol. The van der Waals surface area contributed by atoms with E-state index in [0.29, 0.717) is 23.6 Å². The molecule has 0 saturated carbocycles. The Bertz CT molecular complexity index is 1810. The van der Waals surface area contributed by atoms with Crippen molar-refractivity contribution >= 4 is 35.3 Å². The topological polar surface area (TPSA) is 240 Å². The summed E-state index contributed by atoms with van der Waals surface area (Å²) in [6.07, 6.45) is -17.0. The predicted octanol–water partition coefficient (Wildman–Crippen LogP) is 4.10. The molecule has 23 heteroatoms. The molecule has 7 unspecified atom stereocenters. The first kappa shape index (κ1) is 49.9. The highest BCUT2D eigenvalue weighted by molar-refractivity contribution is 5.90. The highest BCUT2D eigenvalue weighted by atomic mass is 19.4. The van der Waals surface area contributed by atoms with E-state index in [4.69, 9.17) is 14.2 Å². The Labute approximate surface area is 352 Å². The average Bonchev–Trinajstić information content (AvgIpc) is 3.21. The number of unbranched alkanes of at least 4 members (excludes halogenated alkanes) is 2. The fraction of sp³-hybridized carbons (Fsp3) is 0.590. The minimum atomic E-state index is -4.76. The van der Waals surface area contributed by atoms with Gasteiger partial charge in [0.05, 0.1) is 36.5 Å². The minimum Gasteiger partial charge on any atom is -0.394 e. The van der Waals surface area contributed by atoms with Crippen LogP contribution in [0.3, 0.4) is 0 Å². The summed E-state index contributed by atoms with van der Waals surface area (Å²) in [6.45, 7) is 2.35. The molecule has 0 radical (unpaired) electrons. The molecular formula is C39H52F6N6O11. The van der Waals surface area contributed by atoms with Crippen LogP contribution in [0.5, 0.6) is 0 Å². The van der Waals surface area contributed by atoms with Gasteiger partial charge in [-0.05, 0) is 55.7 Å². The molecule has 2 aromatic rings. The van der Waals surface area contributed by atoms with Gasteiger partial charge in [0, 0.05) is 30.8 Å². The maximum absolute atomic E-state index is 13.5. The highest BCUT2D eigenvalue weighted by Crippen LogP contribution is 2.33. The fourth-order valence-electron chi connectivity index (χ4n) is 6.91. The number of amides is 6. The molecule has 4 rings (SSSR count). The monoisotopic (exact) mass is 894 g/mol. The third kappa shape index (κ3) is 13.9. The van der Waals surface area contributed by atoms with E-state index in [1.54, 1.807) is 6.92 Å². The van der Waals surface area contributed by atoms with Crippen LogP contribution in [0.15, 0.2) is 48.5 Å². The smallest absolute Gasteiger partial charge is 0.394 e. The number of hydroxylamine groups is 2. The molecule has 2 fully saturated rings. The molecule has 6 amide bonds. The Morgan fingerprint density at radius 1 is 0.823 bits per heavy atom. The molecule has 62 heavy (non-hydrogen) atoms. The van der Waals surface area contributed by atoms with Crippen LogP contribution >= 0.6 is 0 Å². The number of carbonyl (C=O) groups is 4. The third-order valence-corrected chi connectivity index (χ3v) is 10.1. The molecule has 17 nitrogen and oxygen atoms in total. The summed E-state index contributed by atoms with van der Waals surface area (Å²) in [5, 5.41) is 55.7. The SMILES string of the molecule is CCCCCC(=O)NCCCC(=O)N(O)[C@H]1C(CC)OCC(NC(=O)Nc2cccc(C(F)(F)F)c2)C1OC1OC(CO)[C@@H](O)C(O)C1NC(=O)Nc1cccc(C(F)(F)F)c1. The van der Waals surface area contributed by atoms with Gasteiger partial charge < -0.3 is 56.1 Å². The van der Waals surface area contributed by atoms with Crippen molar-refractivity contribution in [1.29, 1.82) is 0 Å². The number of aliphatic hydroxyl groups excluding tert-OH is 3. The first-order valence-corrected chi connectivity index (χ1v) is 19.9. The molecule has 2 aliphatic heterocycles. The minimum absolute atomic E-state index is 0.0767. The van der Waals surface area contributed by atoms with Crippen molar-refractivity contribution < 1.29 is 80.3 Å². The summed E-state index contributed by atoms with van der Waals surface area (Å²) in [5.74, 6) is -1.12. The van der Waals surface area contributed by atoms with Crippen molar-refractivity contribution in [2.24, 2.45) is 0 Å². The highest BCUT2D eigenvalue weighted by Gasteiger charge is 2.52. The van der Waals surface area contributed by atoms with E-state index in [1.807, 2.05) is 6.92 Å². The number of hydrogen-bond donors (Lipinski definition) is 9. The summed E-state index contributed by atoms with van der Waals surface area (Å²) in [4.78, 5) is 52.3. The van der Waals surface area contributed by atoms with E-state index in [2.05, 4.69) is 26.6 Å². The predicted molar refractivity (Wildman–Crippen MR) is 206 cm³/mol. The second-order valence-electron chi connectivity index (χ2n) is 14.7. The Kier molecular flexibility index (Phi) is 18.1. The molecule has 2 aliphatic rings. The van der Waals surface area contributed by atoms with Gasteiger partial charge in [0.25, 0.3) is 0 Å². The van der Waals surface area contributed by atoms with Crippen LogP contribution in [0.25, 0.3) is 0 Å². The molecule has 0 spiro atoms. The van der Waals surface area contributed by atoms with Crippen LogP contribution < -0.4 is 26.6 Å². The van der Waals surface area contributed by atoms with E-state index in [-0.39, 0.29) is 49.5 Å². The van der Waals surface area contributed by atoms with Crippen LogP contribution in [0, 0.1) is 0 Å². The molecule has 0 aromatic heterocycles. The first-order chi connectivity index (χ1) is 29.3. The number of hydrogen-bond acceptors (Lipinski definition) is 11. The lowest BCUT2D eigenvalue weighted by molar-refractivity contribution is -0.307. The lowest BCUT2D eigenvalue weighted by Crippen LogP contribution is -2.70. The number of halogens is 6. The molecule has 0 bridgehead atoms. The zero-order chi connectivity index (χ0) is 45.8. The van der Waals surface area contributed by atoms with Crippen LogP contribution in [0.4, 0.5) is 47.3 Å². The molecule has 346 valence electrons. The number of nitrogens with zero attached hydrogens (tertiary/aromatic N) is 1. The van der Waals surface area contributed by atoms with Gasteiger partial charge in [-0.15, -0.1) is 0 Å². The van der Waals surface area contributed by atoms with Gasteiger partial charge in [-0.3, -0.25) is 14.8 Å². The first-order valence-electron chi connectivity index (χ1n) is 19.9. The third-order valence-electron chi connectivity index (χ3n) is 10.1. The molecule has 2 saturated heterocycles.